The van der Waals surface area contributed by atoms with Gasteiger partial charge in [-0.1, -0.05) is 42.5 Å². The molecule has 5 rings (SSSR count). The lowest BCUT2D eigenvalue weighted by Gasteiger charge is -2.40. The molecule has 2 aromatic rings. The number of anilines is 1. The molecule has 0 saturated carbocycles. The summed E-state index contributed by atoms with van der Waals surface area (Å²) in [6, 6.07) is 15.6. The Morgan fingerprint density at radius 3 is 2.39 bits per heavy atom. The maximum atomic E-state index is 13.0. The molecule has 1 aliphatic carbocycles. The van der Waals surface area contributed by atoms with Crippen molar-refractivity contribution >= 4 is 30.0 Å². The number of carboxylic acids is 1. The minimum Gasteiger partial charge on any atom is -0.480 e. The normalized spacial score (nSPS) is 21.4. The fraction of sp³-hybridized carbons (Fsp3) is 0.440. The van der Waals surface area contributed by atoms with Crippen molar-refractivity contribution in [2.45, 2.75) is 50.0 Å². The third-order valence-corrected chi connectivity index (χ3v) is 7.45. The van der Waals surface area contributed by atoms with Crippen molar-refractivity contribution in [3.63, 3.8) is 0 Å². The average molecular weight is 441 g/mol. The molecular weight excluding hydrogens is 412 g/mol. The van der Waals surface area contributed by atoms with Gasteiger partial charge in [0.2, 0.25) is 5.91 Å². The van der Waals surface area contributed by atoms with Crippen molar-refractivity contribution in [1.82, 2.24) is 4.90 Å². The minimum absolute atomic E-state index is 0. The van der Waals surface area contributed by atoms with Crippen molar-refractivity contribution < 1.29 is 14.7 Å². The van der Waals surface area contributed by atoms with Crippen LogP contribution in [-0.4, -0.2) is 47.6 Å². The molecule has 1 atom stereocenters. The lowest BCUT2D eigenvalue weighted by molar-refractivity contribution is -0.139. The van der Waals surface area contributed by atoms with Crippen LogP contribution in [0.2, 0.25) is 0 Å². The summed E-state index contributed by atoms with van der Waals surface area (Å²) in [5.74, 6) is -1.02. The van der Waals surface area contributed by atoms with E-state index in [0.717, 1.165) is 37.2 Å². The zero-order valence-electron chi connectivity index (χ0n) is 17.6. The molecule has 2 aromatic carbocycles. The van der Waals surface area contributed by atoms with E-state index in [1.807, 2.05) is 24.3 Å². The maximum absolute atomic E-state index is 13.0. The SMILES string of the molecule is Cl.O=C(O)C1Cc2ccccc2N1C(=O)CCN1CCC2(CCc3ccccc32)CC1. The van der Waals surface area contributed by atoms with Gasteiger partial charge in [-0.2, -0.15) is 0 Å². The molecule has 0 radical (unpaired) electrons. The summed E-state index contributed by atoms with van der Waals surface area (Å²) in [5, 5.41) is 9.62. The van der Waals surface area contributed by atoms with Gasteiger partial charge in [0.15, 0.2) is 0 Å². The Morgan fingerprint density at radius 1 is 0.968 bits per heavy atom. The van der Waals surface area contributed by atoms with Crippen molar-refractivity contribution in [2.24, 2.45) is 0 Å². The second kappa shape index (κ2) is 8.64. The summed E-state index contributed by atoms with van der Waals surface area (Å²) in [6.07, 6.45) is 5.46. The Hall–Kier alpha value is -2.37. The lowest BCUT2D eigenvalue weighted by atomic mass is 9.74. The summed E-state index contributed by atoms with van der Waals surface area (Å²) in [5.41, 5.74) is 5.07. The van der Waals surface area contributed by atoms with Gasteiger partial charge in [0, 0.05) is 25.1 Å². The van der Waals surface area contributed by atoms with E-state index in [1.165, 1.54) is 23.3 Å². The molecular formula is C25H29ClN2O3. The number of likely N-dealkylation sites (tertiary alicyclic amines) is 1. The molecule has 2 heterocycles. The van der Waals surface area contributed by atoms with Gasteiger partial charge in [-0.3, -0.25) is 9.69 Å². The molecule has 0 aromatic heterocycles. The van der Waals surface area contributed by atoms with Crippen LogP contribution in [0, 0.1) is 0 Å². The van der Waals surface area contributed by atoms with E-state index in [9.17, 15) is 14.7 Å². The number of piperidine rings is 1. The average Bonchev–Trinajstić information content (AvgIpc) is 3.33. The second-order valence-corrected chi connectivity index (χ2v) is 8.98. The van der Waals surface area contributed by atoms with Crippen LogP contribution in [0.1, 0.15) is 42.4 Å². The Balaban J connectivity index is 0.00000231. The summed E-state index contributed by atoms with van der Waals surface area (Å²) in [7, 11) is 0. The summed E-state index contributed by atoms with van der Waals surface area (Å²) >= 11 is 0. The Morgan fingerprint density at radius 2 is 1.65 bits per heavy atom. The van der Waals surface area contributed by atoms with E-state index in [-0.39, 0.29) is 18.3 Å². The first kappa shape index (κ1) is 21.8. The number of benzene rings is 2. The van der Waals surface area contributed by atoms with Crippen molar-refractivity contribution in [2.75, 3.05) is 24.5 Å². The number of fused-ring (bicyclic) bond motifs is 3. The number of aliphatic carboxylic acids is 1. The van der Waals surface area contributed by atoms with Crippen LogP contribution >= 0.6 is 12.4 Å². The number of hydrogen-bond donors (Lipinski definition) is 1. The monoisotopic (exact) mass is 440 g/mol. The molecule has 6 heteroatoms. The van der Waals surface area contributed by atoms with Crippen LogP contribution in [0.3, 0.4) is 0 Å². The van der Waals surface area contributed by atoms with E-state index in [2.05, 4.69) is 29.2 Å². The number of para-hydroxylation sites is 1. The second-order valence-electron chi connectivity index (χ2n) is 8.98. The van der Waals surface area contributed by atoms with E-state index in [1.54, 1.807) is 5.56 Å². The van der Waals surface area contributed by atoms with Crippen molar-refractivity contribution in [3.05, 3.63) is 65.2 Å². The molecule has 3 aliphatic rings. The Bertz CT molecular complexity index is 984. The quantitative estimate of drug-likeness (QED) is 0.785. The number of amides is 1. The molecule has 31 heavy (non-hydrogen) atoms. The highest BCUT2D eigenvalue weighted by Crippen LogP contribution is 2.46. The third kappa shape index (κ3) is 3.85. The molecule has 1 unspecified atom stereocenters. The zero-order valence-corrected chi connectivity index (χ0v) is 18.4. The van der Waals surface area contributed by atoms with E-state index in [4.69, 9.17) is 0 Å². The largest absolute Gasteiger partial charge is 0.480 e. The molecule has 5 nitrogen and oxygen atoms in total. The van der Waals surface area contributed by atoms with Gasteiger partial charge in [-0.15, -0.1) is 12.4 Å². The summed E-state index contributed by atoms with van der Waals surface area (Å²) in [4.78, 5) is 28.6. The zero-order chi connectivity index (χ0) is 20.7. The number of hydrogen-bond acceptors (Lipinski definition) is 3. The summed E-state index contributed by atoms with van der Waals surface area (Å²) in [6.45, 7) is 2.70. The van der Waals surface area contributed by atoms with Gasteiger partial charge in [0.1, 0.15) is 6.04 Å². The van der Waals surface area contributed by atoms with Gasteiger partial charge in [0.25, 0.3) is 0 Å². The highest BCUT2D eigenvalue weighted by atomic mass is 35.5. The maximum Gasteiger partial charge on any atom is 0.327 e. The van der Waals surface area contributed by atoms with Crippen LogP contribution in [0.25, 0.3) is 0 Å². The minimum atomic E-state index is -0.931. The first-order valence-corrected chi connectivity index (χ1v) is 11.0. The molecule has 0 bridgehead atoms. The van der Waals surface area contributed by atoms with Crippen LogP contribution in [0.4, 0.5) is 5.69 Å². The fourth-order valence-corrected chi connectivity index (χ4v) is 5.75. The van der Waals surface area contributed by atoms with Crippen LogP contribution in [0.15, 0.2) is 48.5 Å². The number of carbonyl (C=O) groups excluding carboxylic acids is 1. The number of carboxylic acid groups (broad SMARTS) is 1. The van der Waals surface area contributed by atoms with E-state index < -0.39 is 12.0 Å². The first-order valence-electron chi connectivity index (χ1n) is 11.0. The Kier molecular flexibility index (Phi) is 6.09. The molecule has 164 valence electrons. The smallest absolute Gasteiger partial charge is 0.327 e. The van der Waals surface area contributed by atoms with Gasteiger partial charge in [0.05, 0.1) is 0 Å². The topological polar surface area (TPSA) is 60.9 Å². The summed E-state index contributed by atoms with van der Waals surface area (Å²) < 4.78 is 0. The van der Waals surface area contributed by atoms with Crippen molar-refractivity contribution in [1.29, 1.82) is 0 Å². The lowest BCUT2D eigenvalue weighted by Crippen LogP contribution is -2.46. The molecule has 1 saturated heterocycles. The standard InChI is InChI=1S/C25H28N2O3.ClH/c28-23(27-21-8-4-2-6-19(21)17-22(27)24(29)30)10-14-26-15-12-25(13-16-26)11-9-18-5-1-3-7-20(18)25;/h1-8,22H,9-17H2,(H,29,30);1H. The Labute approximate surface area is 189 Å². The van der Waals surface area contributed by atoms with Gasteiger partial charge in [-0.05, 0) is 66.9 Å². The van der Waals surface area contributed by atoms with Crippen LogP contribution < -0.4 is 4.90 Å². The van der Waals surface area contributed by atoms with Gasteiger partial charge in [-0.25, -0.2) is 4.79 Å². The molecule has 1 amide bonds. The number of nitrogens with zero attached hydrogens (tertiary/aromatic N) is 2. The molecule has 2 aliphatic heterocycles. The molecule has 1 spiro atoms. The molecule has 1 fully saturated rings. The van der Waals surface area contributed by atoms with Crippen molar-refractivity contribution in [3.8, 4) is 0 Å². The van der Waals surface area contributed by atoms with Gasteiger partial charge >= 0.3 is 5.97 Å². The van der Waals surface area contributed by atoms with E-state index in [0.29, 0.717) is 24.8 Å². The highest BCUT2D eigenvalue weighted by Gasteiger charge is 2.41. The van der Waals surface area contributed by atoms with Crippen LogP contribution in [-0.2, 0) is 27.8 Å². The van der Waals surface area contributed by atoms with Crippen LogP contribution in [0.5, 0.6) is 0 Å². The predicted octanol–water partition coefficient (Wildman–Crippen LogP) is 3.82. The highest BCUT2D eigenvalue weighted by molar-refractivity contribution is 6.01. The van der Waals surface area contributed by atoms with E-state index >= 15 is 0 Å². The van der Waals surface area contributed by atoms with Gasteiger partial charge < -0.3 is 10.0 Å². The molecule has 1 N–H and O–H groups in total. The number of aryl methyl sites for hydroxylation is 1. The number of halogens is 1. The first-order chi connectivity index (χ1) is 14.6. The number of carbonyl (C=O) groups is 2. The fourth-order valence-electron chi connectivity index (χ4n) is 5.75. The third-order valence-electron chi connectivity index (χ3n) is 7.45. The predicted molar refractivity (Wildman–Crippen MR) is 123 cm³/mol. The number of rotatable bonds is 4.